The molecule has 0 saturated heterocycles. The zero-order valence-electron chi connectivity index (χ0n) is 12.8. The molecule has 0 saturated carbocycles. The topological polar surface area (TPSA) is 20.3 Å². The standard InChI is InChI=1S/C20H18BrNO/c21-15-10-9-14-11-12-22(16-5-2-1-3-6-16)20(18(14)13-15)17-7-4-8-19(17)23/h1-3,5-7,9-10,13,20H,4,8,11-12H2/t20-/m1/s1. The highest BCUT2D eigenvalue weighted by atomic mass is 79.9. The predicted octanol–water partition coefficient (Wildman–Crippen LogP) is 4.84. The molecule has 1 aliphatic heterocycles. The molecule has 0 aromatic heterocycles. The summed E-state index contributed by atoms with van der Waals surface area (Å²) in [6.45, 7) is 0.938. The molecule has 0 N–H and O–H groups in total. The van der Waals surface area contributed by atoms with Crippen molar-refractivity contribution < 1.29 is 4.79 Å². The minimum atomic E-state index is 0.0358. The summed E-state index contributed by atoms with van der Waals surface area (Å²) in [6, 6.07) is 16.9. The zero-order chi connectivity index (χ0) is 15.8. The summed E-state index contributed by atoms with van der Waals surface area (Å²) in [4.78, 5) is 14.8. The van der Waals surface area contributed by atoms with Crippen molar-refractivity contribution in [1.82, 2.24) is 0 Å². The highest BCUT2D eigenvalue weighted by Crippen LogP contribution is 2.41. The van der Waals surface area contributed by atoms with Gasteiger partial charge < -0.3 is 4.90 Å². The van der Waals surface area contributed by atoms with Crippen LogP contribution in [0.15, 0.2) is 64.7 Å². The van der Waals surface area contributed by atoms with Crippen LogP contribution in [0.4, 0.5) is 5.69 Å². The molecule has 1 aliphatic carbocycles. The molecule has 1 atom stereocenters. The second-order valence-corrected chi connectivity index (χ2v) is 7.06. The quantitative estimate of drug-likeness (QED) is 0.756. The Balaban J connectivity index is 1.86. The molecular weight excluding hydrogens is 350 g/mol. The first-order valence-corrected chi connectivity index (χ1v) is 8.86. The molecule has 0 bridgehead atoms. The van der Waals surface area contributed by atoms with Gasteiger partial charge in [-0.25, -0.2) is 0 Å². The number of fused-ring (bicyclic) bond motifs is 1. The van der Waals surface area contributed by atoms with Crippen LogP contribution in [0.1, 0.15) is 30.0 Å². The Bertz CT molecular complexity index is 781. The van der Waals surface area contributed by atoms with Crippen molar-refractivity contribution in [2.45, 2.75) is 25.3 Å². The number of carbonyl (C=O) groups is 1. The van der Waals surface area contributed by atoms with E-state index < -0.39 is 0 Å². The minimum Gasteiger partial charge on any atom is -0.360 e. The molecule has 0 amide bonds. The summed E-state index contributed by atoms with van der Waals surface area (Å²) in [5.41, 5.74) is 4.76. The van der Waals surface area contributed by atoms with Crippen molar-refractivity contribution in [3.63, 3.8) is 0 Å². The van der Waals surface area contributed by atoms with Gasteiger partial charge in [0.2, 0.25) is 0 Å². The lowest BCUT2D eigenvalue weighted by molar-refractivity contribution is -0.115. The fraction of sp³-hybridized carbons (Fsp3) is 0.250. The molecule has 2 aromatic carbocycles. The lowest BCUT2D eigenvalue weighted by Gasteiger charge is -2.39. The normalized spacial score (nSPS) is 20.4. The van der Waals surface area contributed by atoms with E-state index in [2.05, 4.69) is 69.4 Å². The van der Waals surface area contributed by atoms with Gasteiger partial charge in [-0.05, 0) is 48.2 Å². The number of hydrogen-bond donors (Lipinski definition) is 0. The van der Waals surface area contributed by atoms with Crippen LogP contribution in [0.2, 0.25) is 0 Å². The SMILES string of the molecule is O=C1CCC=C1[C@@H]1c2cc(Br)ccc2CCN1c1ccccc1. The molecular formula is C20H18BrNO. The van der Waals surface area contributed by atoms with Crippen molar-refractivity contribution in [1.29, 1.82) is 0 Å². The Hall–Kier alpha value is -1.87. The maximum atomic E-state index is 12.4. The van der Waals surface area contributed by atoms with Crippen molar-refractivity contribution in [3.05, 3.63) is 75.8 Å². The molecule has 0 fully saturated rings. The van der Waals surface area contributed by atoms with Gasteiger partial charge in [-0.1, -0.05) is 46.3 Å². The smallest absolute Gasteiger partial charge is 0.161 e. The monoisotopic (exact) mass is 367 g/mol. The maximum Gasteiger partial charge on any atom is 0.161 e. The average Bonchev–Trinajstić information content (AvgIpc) is 3.00. The summed E-state index contributed by atoms with van der Waals surface area (Å²) < 4.78 is 1.07. The number of benzene rings is 2. The Labute approximate surface area is 144 Å². The van der Waals surface area contributed by atoms with E-state index in [9.17, 15) is 4.79 Å². The van der Waals surface area contributed by atoms with Crippen LogP contribution in [0.5, 0.6) is 0 Å². The van der Waals surface area contributed by atoms with Crippen molar-refractivity contribution in [2.24, 2.45) is 0 Å². The summed E-state index contributed by atoms with van der Waals surface area (Å²) in [5.74, 6) is 0.295. The lowest BCUT2D eigenvalue weighted by atomic mass is 9.87. The van der Waals surface area contributed by atoms with Gasteiger partial charge in [-0.2, -0.15) is 0 Å². The predicted molar refractivity (Wildman–Crippen MR) is 96.7 cm³/mol. The number of allylic oxidation sites excluding steroid dienone is 1. The summed E-state index contributed by atoms with van der Waals surface area (Å²) >= 11 is 3.59. The van der Waals surface area contributed by atoms with Gasteiger partial charge in [-0.3, -0.25) is 4.79 Å². The molecule has 1 heterocycles. The van der Waals surface area contributed by atoms with Crippen molar-refractivity contribution in [2.75, 3.05) is 11.4 Å². The highest BCUT2D eigenvalue weighted by molar-refractivity contribution is 9.10. The molecule has 2 nitrogen and oxygen atoms in total. The lowest BCUT2D eigenvalue weighted by Crippen LogP contribution is -2.37. The molecule has 2 aromatic rings. The summed E-state index contributed by atoms with van der Waals surface area (Å²) in [6.07, 6.45) is 4.67. The van der Waals surface area contributed by atoms with Gasteiger partial charge in [0.15, 0.2) is 5.78 Å². The van der Waals surface area contributed by atoms with Gasteiger partial charge in [0.05, 0.1) is 6.04 Å². The number of anilines is 1. The number of nitrogens with zero attached hydrogens (tertiary/aromatic N) is 1. The molecule has 2 aliphatic rings. The molecule has 0 unspecified atom stereocenters. The van der Waals surface area contributed by atoms with E-state index in [1.807, 2.05) is 6.07 Å². The Morgan fingerprint density at radius 3 is 2.61 bits per heavy atom. The molecule has 4 rings (SSSR count). The van der Waals surface area contributed by atoms with E-state index >= 15 is 0 Å². The van der Waals surface area contributed by atoms with Gasteiger partial charge in [0.25, 0.3) is 0 Å². The Morgan fingerprint density at radius 2 is 1.87 bits per heavy atom. The van der Waals surface area contributed by atoms with Crippen LogP contribution >= 0.6 is 15.9 Å². The van der Waals surface area contributed by atoms with E-state index in [-0.39, 0.29) is 6.04 Å². The van der Waals surface area contributed by atoms with E-state index in [1.54, 1.807) is 0 Å². The molecule has 3 heteroatoms. The first-order valence-electron chi connectivity index (χ1n) is 8.07. The third kappa shape index (κ3) is 2.63. The average molecular weight is 368 g/mol. The fourth-order valence-electron chi connectivity index (χ4n) is 3.70. The molecule has 0 spiro atoms. The van der Waals surface area contributed by atoms with Crippen LogP contribution in [-0.2, 0) is 11.2 Å². The van der Waals surface area contributed by atoms with Gasteiger partial charge in [0.1, 0.15) is 0 Å². The first kappa shape index (κ1) is 14.7. The van der Waals surface area contributed by atoms with Crippen molar-refractivity contribution >= 4 is 27.4 Å². The second-order valence-electron chi connectivity index (χ2n) is 6.15. The number of Topliss-reactive ketones (excluding diaryl/α,β-unsaturated/α-hetero) is 1. The van der Waals surface area contributed by atoms with E-state index in [4.69, 9.17) is 0 Å². The number of carbonyl (C=O) groups excluding carboxylic acids is 1. The Morgan fingerprint density at radius 1 is 1.04 bits per heavy atom. The van der Waals surface area contributed by atoms with E-state index in [0.29, 0.717) is 12.2 Å². The van der Waals surface area contributed by atoms with E-state index in [0.717, 1.165) is 29.4 Å². The number of halogens is 1. The van der Waals surface area contributed by atoms with Gasteiger partial charge >= 0.3 is 0 Å². The summed E-state index contributed by atoms with van der Waals surface area (Å²) in [5, 5.41) is 0. The number of hydrogen-bond acceptors (Lipinski definition) is 2. The van der Waals surface area contributed by atoms with Crippen LogP contribution in [0, 0.1) is 0 Å². The van der Waals surface area contributed by atoms with Crippen LogP contribution < -0.4 is 4.90 Å². The number of rotatable bonds is 2. The molecule has 116 valence electrons. The molecule has 0 radical (unpaired) electrons. The zero-order valence-corrected chi connectivity index (χ0v) is 14.4. The third-order valence-electron chi connectivity index (χ3n) is 4.78. The first-order chi connectivity index (χ1) is 11.2. The van der Waals surface area contributed by atoms with Crippen molar-refractivity contribution in [3.8, 4) is 0 Å². The second kappa shape index (κ2) is 5.97. The fourth-order valence-corrected chi connectivity index (χ4v) is 4.08. The number of para-hydroxylation sites is 1. The van der Waals surface area contributed by atoms with Gasteiger partial charge in [-0.15, -0.1) is 0 Å². The number of ketones is 1. The maximum absolute atomic E-state index is 12.4. The van der Waals surface area contributed by atoms with Gasteiger partial charge in [0, 0.05) is 28.7 Å². The van der Waals surface area contributed by atoms with Crippen LogP contribution in [0.25, 0.3) is 0 Å². The summed E-state index contributed by atoms with van der Waals surface area (Å²) in [7, 11) is 0. The third-order valence-corrected chi connectivity index (χ3v) is 5.27. The minimum absolute atomic E-state index is 0.0358. The molecule has 23 heavy (non-hydrogen) atoms. The van der Waals surface area contributed by atoms with E-state index in [1.165, 1.54) is 16.8 Å². The van der Waals surface area contributed by atoms with Crippen LogP contribution in [0.3, 0.4) is 0 Å². The highest BCUT2D eigenvalue weighted by Gasteiger charge is 2.34. The largest absolute Gasteiger partial charge is 0.360 e. The van der Waals surface area contributed by atoms with Crippen LogP contribution in [-0.4, -0.2) is 12.3 Å². The Kier molecular flexibility index (Phi) is 3.82.